The third-order valence-corrected chi connectivity index (χ3v) is 5.04. The van der Waals surface area contributed by atoms with Gasteiger partial charge in [0.1, 0.15) is 5.82 Å². The van der Waals surface area contributed by atoms with E-state index in [0.717, 1.165) is 23.1 Å². The van der Waals surface area contributed by atoms with E-state index in [9.17, 15) is 14.7 Å². The molecular formula is C17H20BrN3O3. The van der Waals surface area contributed by atoms with Crippen molar-refractivity contribution in [2.75, 3.05) is 13.1 Å². The lowest BCUT2D eigenvalue weighted by molar-refractivity contribution is 0.116. The molecule has 1 N–H and O–H groups in total. The molecule has 2 heterocycles. The molecule has 0 saturated carbocycles. The van der Waals surface area contributed by atoms with Crippen molar-refractivity contribution in [2.45, 2.75) is 32.7 Å². The molecule has 1 fully saturated rings. The van der Waals surface area contributed by atoms with E-state index < -0.39 is 6.09 Å². The van der Waals surface area contributed by atoms with Crippen LogP contribution in [0.15, 0.2) is 27.5 Å². The van der Waals surface area contributed by atoms with Gasteiger partial charge in [-0.05, 0) is 37.0 Å². The lowest BCUT2D eigenvalue weighted by Crippen LogP contribution is -2.41. The first-order chi connectivity index (χ1) is 11.5. The quantitative estimate of drug-likeness (QED) is 0.868. The second-order valence-electron chi connectivity index (χ2n) is 6.20. The van der Waals surface area contributed by atoms with Crippen molar-refractivity contribution >= 4 is 32.9 Å². The van der Waals surface area contributed by atoms with Crippen LogP contribution in [0, 0.1) is 5.92 Å². The van der Waals surface area contributed by atoms with Gasteiger partial charge in [0.25, 0.3) is 5.56 Å². The lowest BCUT2D eigenvalue weighted by atomic mass is 9.98. The van der Waals surface area contributed by atoms with Gasteiger partial charge in [0.05, 0.1) is 10.9 Å². The minimum Gasteiger partial charge on any atom is -0.465 e. The van der Waals surface area contributed by atoms with Crippen LogP contribution < -0.4 is 5.56 Å². The number of aryl methyl sites for hydroxylation is 1. The normalized spacial score (nSPS) is 18.1. The Labute approximate surface area is 148 Å². The van der Waals surface area contributed by atoms with Gasteiger partial charge in [0.15, 0.2) is 0 Å². The molecule has 1 amide bonds. The Kier molecular flexibility index (Phi) is 4.89. The third-order valence-electron chi connectivity index (χ3n) is 4.54. The number of rotatable bonds is 3. The van der Waals surface area contributed by atoms with E-state index in [1.807, 2.05) is 19.1 Å². The molecule has 0 unspecified atom stereocenters. The van der Waals surface area contributed by atoms with Gasteiger partial charge in [-0.3, -0.25) is 9.36 Å². The summed E-state index contributed by atoms with van der Waals surface area (Å²) in [4.78, 5) is 30.2. The highest BCUT2D eigenvalue weighted by Gasteiger charge is 2.24. The first-order valence-electron chi connectivity index (χ1n) is 8.16. The van der Waals surface area contributed by atoms with Gasteiger partial charge in [-0.25, -0.2) is 9.78 Å². The number of piperidine rings is 1. The Morgan fingerprint density at radius 1 is 1.46 bits per heavy atom. The first-order valence-corrected chi connectivity index (χ1v) is 8.95. The van der Waals surface area contributed by atoms with Crippen LogP contribution in [0.4, 0.5) is 4.79 Å². The Hall–Kier alpha value is -1.89. The standard InChI is InChI=1S/C17H20BrN3O3/c1-2-15-19-14-6-5-12(18)8-13(14)16(22)21(15)10-11-4-3-7-20(9-11)17(23)24/h5-6,8,11H,2-4,7,9-10H2,1H3,(H,23,24)/t11-/m0/s1. The van der Waals surface area contributed by atoms with E-state index in [-0.39, 0.29) is 11.5 Å². The lowest BCUT2D eigenvalue weighted by Gasteiger charge is -2.31. The number of halogens is 1. The monoisotopic (exact) mass is 393 g/mol. The fourth-order valence-electron chi connectivity index (χ4n) is 3.34. The maximum absolute atomic E-state index is 12.9. The molecule has 1 aliphatic heterocycles. The smallest absolute Gasteiger partial charge is 0.407 e. The molecule has 0 bridgehead atoms. The molecule has 1 atom stereocenters. The Morgan fingerprint density at radius 2 is 2.25 bits per heavy atom. The molecule has 1 aliphatic rings. The fourth-order valence-corrected chi connectivity index (χ4v) is 3.70. The summed E-state index contributed by atoms with van der Waals surface area (Å²) in [5.74, 6) is 0.895. The SMILES string of the molecule is CCc1nc2ccc(Br)cc2c(=O)n1C[C@H]1CCCN(C(=O)O)C1. The number of carbonyl (C=O) groups is 1. The highest BCUT2D eigenvalue weighted by atomic mass is 79.9. The van der Waals surface area contributed by atoms with Gasteiger partial charge in [-0.1, -0.05) is 22.9 Å². The summed E-state index contributed by atoms with van der Waals surface area (Å²) in [5, 5.41) is 9.78. The number of amides is 1. The third kappa shape index (κ3) is 3.31. The number of aromatic nitrogens is 2. The second kappa shape index (κ2) is 6.93. The maximum atomic E-state index is 12.9. The van der Waals surface area contributed by atoms with Gasteiger partial charge >= 0.3 is 6.09 Å². The van der Waals surface area contributed by atoms with Crippen molar-refractivity contribution in [1.82, 2.24) is 14.5 Å². The van der Waals surface area contributed by atoms with E-state index in [1.54, 1.807) is 10.6 Å². The number of benzene rings is 1. The van der Waals surface area contributed by atoms with Gasteiger partial charge in [0.2, 0.25) is 0 Å². The van der Waals surface area contributed by atoms with E-state index >= 15 is 0 Å². The zero-order valence-electron chi connectivity index (χ0n) is 13.5. The summed E-state index contributed by atoms with van der Waals surface area (Å²) in [5.41, 5.74) is 0.651. The minimum atomic E-state index is -0.886. The molecule has 24 heavy (non-hydrogen) atoms. The first kappa shape index (κ1) is 17.0. The van der Waals surface area contributed by atoms with Gasteiger partial charge < -0.3 is 10.0 Å². The molecule has 128 valence electrons. The second-order valence-corrected chi connectivity index (χ2v) is 7.11. The molecule has 0 spiro atoms. The van der Waals surface area contributed by atoms with E-state index in [2.05, 4.69) is 20.9 Å². The zero-order chi connectivity index (χ0) is 17.3. The number of hydrogen-bond donors (Lipinski definition) is 1. The summed E-state index contributed by atoms with van der Waals surface area (Å²) >= 11 is 3.40. The van der Waals surface area contributed by atoms with Crippen LogP contribution in [0.3, 0.4) is 0 Å². The van der Waals surface area contributed by atoms with Gasteiger partial charge in [0, 0.05) is 30.5 Å². The summed E-state index contributed by atoms with van der Waals surface area (Å²) in [7, 11) is 0. The van der Waals surface area contributed by atoms with Crippen LogP contribution in [-0.4, -0.2) is 38.7 Å². The number of nitrogens with zero attached hydrogens (tertiary/aromatic N) is 3. The summed E-state index contributed by atoms with van der Waals surface area (Å²) in [6.45, 7) is 3.54. The largest absolute Gasteiger partial charge is 0.465 e. The van der Waals surface area contributed by atoms with Crippen LogP contribution in [-0.2, 0) is 13.0 Å². The molecule has 7 heteroatoms. The van der Waals surface area contributed by atoms with Crippen molar-refractivity contribution in [3.8, 4) is 0 Å². The minimum absolute atomic E-state index is 0.0504. The molecular weight excluding hydrogens is 374 g/mol. The average molecular weight is 394 g/mol. The molecule has 0 aliphatic carbocycles. The van der Waals surface area contributed by atoms with Gasteiger partial charge in [-0.2, -0.15) is 0 Å². The summed E-state index contributed by atoms with van der Waals surface area (Å²) < 4.78 is 2.57. The number of likely N-dealkylation sites (tertiary alicyclic amines) is 1. The molecule has 2 aromatic rings. The predicted molar refractivity (Wildman–Crippen MR) is 95.4 cm³/mol. The summed E-state index contributed by atoms with van der Waals surface area (Å²) in [6, 6.07) is 5.52. The highest BCUT2D eigenvalue weighted by molar-refractivity contribution is 9.10. The van der Waals surface area contributed by atoms with Crippen LogP contribution >= 0.6 is 15.9 Å². The number of hydrogen-bond acceptors (Lipinski definition) is 3. The van der Waals surface area contributed by atoms with Crippen molar-refractivity contribution in [1.29, 1.82) is 0 Å². The number of carboxylic acid groups (broad SMARTS) is 1. The topological polar surface area (TPSA) is 75.4 Å². The van der Waals surface area contributed by atoms with Crippen molar-refractivity contribution in [3.05, 3.63) is 38.9 Å². The molecule has 1 aromatic carbocycles. The van der Waals surface area contributed by atoms with E-state index in [0.29, 0.717) is 37.0 Å². The van der Waals surface area contributed by atoms with Gasteiger partial charge in [-0.15, -0.1) is 0 Å². The van der Waals surface area contributed by atoms with Crippen molar-refractivity contribution < 1.29 is 9.90 Å². The highest BCUT2D eigenvalue weighted by Crippen LogP contribution is 2.20. The van der Waals surface area contributed by atoms with E-state index in [1.165, 1.54) is 4.90 Å². The average Bonchev–Trinajstić information content (AvgIpc) is 2.58. The van der Waals surface area contributed by atoms with Crippen molar-refractivity contribution in [2.24, 2.45) is 5.92 Å². The Morgan fingerprint density at radius 3 is 2.96 bits per heavy atom. The van der Waals surface area contributed by atoms with Crippen LogP contribution in [0.1, 0.15) is 25.6 Å². The zero-order valence-corrected chi connectivity index (χ0v) is 15.1. The maximum Gasteiger partial charge on any atom is 0.407 e. The Balaban J connectivity index is 1.97. The van der Waals surface area contributed by atoms with Crippen LogP contribution in [0.2, 0.25) is 0 Å². The predicted octanol–water partition coefficient (Wildman–Crippen LogP) is 3.11. The number of fused-ring (bicyclic) bond motifs is 1. The van der Waals surface area contributed by atoms with Crippen LogP contribution in [0.5, 0.6) is 0 Å². The molecule has 6 nitrogen and oxygen atoms in total. The summed E-state index contributed by atoms with van der Waals surface area (Å²) in [6.07, 6.45) is 1.54. The molecule has 1 aromatic heterocycles. The van der Waals surface area contributed by atoms with E-state index in [4.69, 9.17) is 0 Å². The fraction of sp³-hybridized carbons (Fsp3) is 0.471. The Bertz CT molecular complexity index is 834. The molecule has 1 saturated heterocycles. The van der Waals surface area contributed by atoms with Crippen LogP contribution in [0.25, 0.3) is 10.9 Å². The molecule has 0 radical (unpaired) electrons. The van der Waals surface area contributed by atoms with Crippen molar-refractivity contribution in [3.63, 3.8) is 0 Å². The molecule has 3 rings (SSSR count).